The normalized spacial score (nSPS) is 11.0. The van der Waals surface area contributed by atoms with E-state index in [1.807, 2.05) is 12.1 Å². The number of hydrogen-bond acceptors (Lipinski definition) is 2. The highest BCUT2D eigenvalue weighted by molar-refractivity contribution is 6.31. The third kappa shape index (κ3) is 6.84. The number of rotatable bonds is 9. The highest BCUT2D eigenvalue weighted by Crippen LogP contribution is 2.23. The van der Waals surface area contributed by atoms with Gasteiger partial charge >= 0.3 is 0 Å². The van der Waals surface area contributed by atoms with Gasteiger partial charge in [-0.2, -0.15) is 0 Å². The molecule has 0 atom stereocenters. The molecule has 0 fully saturated rings. The minimum atomic E-state index is 0.734. The zero-order valence-electron chi connectivity index (χ0n) is 12.3. The number of methoxy groups -OCH3 is 1. The highest BCUT2D eigenvalue weighted by Gasteiger charge is 2.02. The number of ether oxygens (including phenoxy) is 1. The van der Waals surface area contributed by atoms with Gasteiger partial charge in [0.05, 0.1) is 7.11 Å². The molecule has 0 saturated heterocycles. The van der Waals surface area contributed by atoms with Crippen LogP contribution in [0.2, 0.25) is 5.02 Å². The highest BCUT2D eigenvalue weighted by atomic mass is 35.5. The van der Waals surface area contributed by atoms with E-state index in [1.165, 1.54) is 24.8 Å². The Bertz CT molecular complexity index is 366. The maximum atomic E-state index is 6.21. The molecule has 0 bridgehead atoms. The summed E-state index contributed by atoms with van der Waals surface area (Å²) in [7, 11) is 1.66. The summed E-state index contributed by atoms with van der Waals surface area (Å²) in [4.78, 5) is 0. The number of benzene rings is 1. The molecule has 3 heteroatoms. The van der Waals surface area contributed by atoms with Crippen LogP contribution in [0.1, 0.15) is 38.7 Å². The maximum absolute atomic E-state index is 6.21. The van der Waals surface area contributed by atoms with Gasteiger partial charge in [0.15, 0.2) is 0 Å². The number of unbranched alkanes of at least 4 members (excludes halogenated alkanes) is 2. The monoisotopic (exact) mass is 283 g/mol. The second kappa shape index (κ2) is 9.22. The number of halogens is 1. The molecule has 0 saturated carbocycles. The number of hydrogen-bond donors (Lipinski definition) is 1. The lowest BCUT2D eigenvalue weighted by atomic mass is 10.1. The van der Waals surface area contributed by atoms with Crippen LogP contribution in [0.4, 0.5) is 0 Å². The van der Waals surface area contributed by atoms with Gasteiger partial charge in [-0.15, -0.1) is 0 Å². The average molecular weight is 284 g/mol. The van der Waals surface area contributed by atoms with Crippen molar-refractivity contribution >= 4 is 11.6 Å². The van der Waals surface area contributed by atoms with Crippen molar-refractivity contribution in [1.82, 2.24) is 5.32 Å². The van der Waals surface area contributed by atoms with E-state index in [4.69, 9.17) is 16.3 Å². The molecule has 0 unspecified atom stereocenters. The van der Waals surface area contributed by atoms with Crippen LogP contribution in [-0.4, -0.2) is 20.2 Å². The second-order valence-corrected chi connectivity index (χ2v) is 5.77. The molecule has 0 heterocycles. The summed E-state index contributed by atoms with van der Waals surface area (Å²) in [5.41, 5.74) is 1.22. The second-order valence-electron chi connectivity index (χ2n) is 5.37. The molecule has 0 aliphatic heterocycles. The molecule has 1 aromatic carbocycles. The summed E-state index contributed by atoms with van der Waals surface area (Å²) >= 11 is 6.21. The van der Waals surface area contributed by atoms with Crippen LogP contribution in [0, 0.1) is 5.92 Å². The Morgan fingerprint density at radius 3 is 2.63 bits per heavy atom. The molecular weight excluding hydrogens is 258 g/mol. The minimum Gasteiger partial charge on any atom is -0.497 e. The van der Waals surface area contributed by atoms with Crippen LogP contribution >= 0.6 is 11.6 Å². The first-order valence-electron chi connectivity index (χ1n) is 7.16. The molecule has 0 radical (unpaired) electrons. The first-order chi connectivity index (χ1) is 9.13. The quantitative estimate of drug-likeness (QED) is 0.682. The van der Waals surface area contributed by atoms with E-state index >= 15 is 0 Å². The largest absolute Gasteiger partial charge is 0.497 e. The van der Waals surface area contributed by atoms with Crippen molar-refractivity contribution in [1.29, 1.82) is 0 Å². The topological polar surface area (TPSA) is 21.3 Å². The third-order valence-electron chi connectivity index (χ3n) is 3.11. The van der Waals surface area contributed by atoms with Gasteiger partial charge in [0.2, 0.25) is 0 Å². The summed E-state index contributed by atoms with van der Waals surface area (Å²) in [6.45, 7) is 6.70. The van der Waals surface area contributed by atoms with Crippen molar-refractivity contribution < 1.29 is 4.74 Å². The standard InChI is InChI=1S/C16H26ClNO/c1-13(2)12-18-10-6-4-5-7-14-8-9-15(19-3)11-16(14)17/h8-9,11,13,18H,4-7,10,12H2,1-3H3. The van der Waals surface area contributed by atoms with Crippen LogP contribution in [-0.2, 0) is 6.42 Å². The molecule has 0 aliphatic carbocycles. The van der Waals surface area contributed by atoms with Crippen LogP contribution in [0.5, 0.6) is 5.75 Å². The van der Waals surface area contributed by atoms with Gasteiger partial charge in [-0.25, -0.2) is 0 Å². The van der Waals surface area contributed by atoms with Crippen LogP contribution in [0.3, 0.4) is 0 Å². The molecule has 108 valence electrons. The van der Waals surface area contributed by atoms with Crippen molar-refractivity contribution in [2.45, 2.75) is 39.5 Å². The van der Waals surface area contributed by atoms with Crippen molar-refractivity contribution in [3.05, 3.63) is 28.8 Å². The van der Waals surface area contributed by atoms with Crippen molar-refractivity contribution in [2.24, 2.45) is 5.92 Å². The molecular formula is C16H26ClNO. The molecule has 0 aliphatic rings. The summed E-state index contributed by atoms with van der Waals surface area (Å²) in [5, 5.41) is 4.28. The lowest BCUT2D eigenvalue weighted by Gasteiger charge is -2.08. The smallest absolute Gasteiger partial charge is 0.120 e. The fourth-order valence-electron chi connectivity index (χ4n) is 1.99. The predicted molar refractivity (Wildman–Crippen MR) is 83.3 cm³/mol. The summed E-state index contributed by atoms with van der Waals surface area (Å²) < 4.78 is 5.15. The van der Waals surface area contributed by atoms with E-state index in [0.717, 1.165) is 36.2 Å². The Morgan fingerprint density at radius 2 is 2.00 bits per heavy atom. The Labute approximate surface area is 122 Å². The minimum absolute atomic E-state index is 0.734. The van der Waals surface area contributed by atoms with E-state index in [0.29, 0.717) is 0 Å². The van der Waals surface area contributed by atoms with Crippen molar-refractivity contribution in [3.63, 3.8) is 0 Å². The molecule has 1 aromatic rings. The van der Waals surface area contributed by atoms with Gasteiger partial charge in [0, 0.05) is 5.02 Å². The molecule has 0 aromatic heterocycles. The van der Waals surface area contributed by atoms with E-state index < -0.39 is 0 Å². The first kappa shape index (κ1) is 16.3. The Balaban J connectivity index is 2.15. The Morgan fingerprint density at radius 1 is 1.21 bits per heavy atom. The first-order valence-corrected chi connectivity index (χ1v) is 7.54. The maximum Gasteiger partial charge on any atom is 0.120 e. The van der Waals surface area contributed by atoms with Gasteiger partial charge in [-0.1, -0.05) is 37.9 Å². The average Bonchev–Trinajstić information content (AvgIpc) is 2.38. The van der Waals surface area contributed by atoms with Gasteiger partial charge in [-0.05, 0) is 56.0 Å². The molecule has 0 amide bonds. The number of aryl methyl sites for hydroxylation is 1. The summed E-state index contributed by atoms with van der Waals surface area (Å²) in [5.74, 6) is 1.56. The van der Waals surface area contributed by atoms with Gasteiger partial charge in [0.25, 0.3) is 0 Å². The molecule has 1 rings (SSSR count). The SMILES string of the molecule is COc1ccc(CCCCCNCC(C)C)c(Cl)c1. The van der Waals surface area contributed by atoms with Gasteiger partial charge in [-0.3, -0.25) is 0 Å². The molecule has 0 spiro atoms. The zero-order valence-corrected chi connectivity index (χ0v) is 13.1. The molecule has 1 N–H and O–H groups in total. The summed E-state index contributed by atoms with van der Waals surface area (Å²) in [6.07, 6.45) is 4.72. The summed E-state index contributed by atoms with van der Waals surface area (Å²) in [6, 6.07) is 5.94. The van der Waals surface area contributed by atoms with E-state index in [2.05, 4.69) is 25.2 Å². The van der Waals surface area contributed by atoms with Crippen LogP contribution in [0.15, 0.2) is 18.2 Å². The van der Waals surface area contributed by atoms with E-state index in [1.54, 1.807) is 7.11 Å². The van der Waals surface area contributed by atoms with Crippen LogP contribution in [0.25, 0.3) is 0 Å². The lowest BCUT2D eigenvalue weighted by Crippen LogP contribution is -2.20. The van der Waals surface area contributed by atoms with Gasteiger partial charge in [0.1, 0.15) is 5.75 Å². The zero-order chi connectivity index (χ0) is 14.1. The fraction of sp³-hybridized carbons (Fsp3) is 0.625. The van der Waals surface area contributed by atoms with E-state index in [9.17, 15) is 0 Å². The number of nitrogens with one attached hydrogen (secondary N) is 1. The Hall–Kier alpha value is -0.730. The van der Waals surface area contributed by atoms with Crippen molar-refractivity contribution in [3.8, 4) is 5.75 Å². The Kier molecular flexibility index (Phi) is 7.92. The van der Waals surface area contributed by atoms with E-state index in [-0.39, 0.29) is 0 Å². The third-order valence-corrected chi connectivity index (χ3v) is 3.46. The predicted octanol–water partition coefficient (Wildman–Crippen LogP) is 4.31. The molecule has 19 heavy (non-hydrogen) atoms. The van der Waals surface area contributed by atoms with Crippen LogP contribution < -0.4 is 10.1 Å². The van der Waals surface area contributed by atoms with Crippen molar-refractivity contribution in [2.75, 3.05) is 20.2 Å². The van der Waals surface area contributed by atoms with Gasteiger partial charge < -0.3 is 10.1 Å². The fourth-order valence-corrected chi connectivity index (χ4v) is 2.26. The molecule has 2 nitrogen and oxygen atoms in total. The lowest BCUT2D eigenvalue weighted by molar-refractivity contribution is 0.414.